The normalized spacial score (nSPS) is 10.4. The molecule has 2 heterocycles. The van der Waals surface area contributed by atoms with Crippen molar-refractivity contribution in [1.82, 2.24) is 9.97 Å². The van der Waals surface area contributed by atoms with Gasteiger partial charge in [-0.3, -0.25) is 0 Å². The Morgan fingerprint density at radius 1 is 1.10 bits per heavy atom. The Labute approximate surface area is 122 Å². The molecule has 0 aliphatic heterocycles. The van der Waals surface area contributed by atoms with Crippen LogP contribution in [0.5, 0.6) is 0 Å². The van der Waals surface area contributed by atoms with Gasteiger partial charge in [0, 0.05) is 11.8 Å². The summed E-state index contributed by atoms with van der Waals surface area (Å²) in [5, 5.41) is 0.839. The van der Waals surface area contributed by atoms with Gasteiger partial charge in [-0.05, 0) is 30.7 Å². The zero-order valence-corrected chi connectivity index (χ0v) is 11.8. The SMILES string of the molecule is Cc1ccc(Cc2cccc3nc(N)nc(N)c23)o1.Cl. The number of hydrogen-bond acceptors (Lipinski definition) is 5. The van der Waals surface area contributed by atoms with Crippen molar-refractivity contribution in [3.63, 3.8) is 0 Å². The molecule has 0 bridgehead atoms. The van der Waals surface area contributed by atoms with Gasteiger partial charge in [0.2, 0.25) is 5.95 Å². The maximum atomic E-state index is 5.95. The molecule has 3 rings (SSSR count). The van der Waals surface area contributed by atoms with Gasteiger partial charge in [-0.15, -0.1) is 12.4 Å². The van der Waals surface area contributed by atoms with E-state index in [1.807, 2.05) is 37.3 Å². The maximum Gasteiger partial charge on any atom is 0.222 e. The van der Waals surface area contributed by atoms with Crippen LogP contribution in [0.25, 0.3) is 10.9 Å². The predicted octanol–water partition coefficient (Wildman–Crippen LogP) is 2.71. The second kappa shape index (κ2) is 5.38. The molecule has 0 saturated carbocycles. The van der Waals surface area contributed by atoms with Crippen LogP contribution in [-0.4, -0.2) is 9.97 Å². The number of aromatic nitrogens is 2. The van der Waals surface area contributed by atoms with Crippen molar-refractivity contribution in [2.45, 2.75) is 13.3 Å². The lowest BCUT2D eigenvalue weighted by molar-refractivity contribution is 0.493. The summed E-state index contributed by atoms with van der Waals surface area (Å²) in [7, 11) is 0. The van der Waals surface area contributed by atoms with Crippen LogP contribution in [0.1, 0.15) is 17.1 Å². The van der Waals surface area contributed by atoms with Gasteiger partial charge in [-0.25, -0.2) is 4.98 Å². The molecule has 0 saturated heterocycles. The lowest BCUT2D eigenvalue weighted by atomic mass is 10.0. The van der Waals surface area contributed by atoms with E-state index in [2.05, 4.69) is 9.97 Å². The first-order valence-electron chi connectivity index (χ1n) is 5.99. The smallest absolute Gasteiger partial charge is 0.222 e. The minimum atomic E-state index is 0. The standard InChI is InChI=1S/C14H14N4O.ClH/c1-8-5-6-10(19-8)7-9-3-2-4-11-12(9)13(15)18-14(16)17-11;/h2-6H,7H2,1H3,(H4,15,16,17,18);1H. The van der Waals surface area contributed by atoms with Crippen LogP contribution in [0, 0.1) is 6.92 Å². The van der Waals surface area contributed by atoms with Gasteiger partial charge in [0.05, 0.1) is 5.52 Å². The van der Waals surface area contributed by atoms with Crippen LogP contribution in [0.2, 0.25) is 0 Å². The summed E-state index contributed by atoms with van der Waals surface area (Å²) < 4.78 is 5.59. The van der Waals surface area contributed by atoms with Crippen molar-refractivity contribution in [2.75, 3.05) is 11.5 Å². The number of benzene rings is 1. The Morgan fingerprint density at radius 3 is 2.60 bits per heavy atom. The highest BCUT2D eigenvalue weighted by Gasteiger charge is 2.10. The number of hydrogen-bond donors (Lipinski definition) is 2. The van der Waals surface area contributed by atoms with Gasteiger partial charge in [-0.1, -0.05) is 12.1 Å². The summed E-state index contributed by atoms with van der Waals surface area (Å²) in [4.78, 5) is 8.22. The summed E-state index contributed by atoms with van der Waals surface area (Å²) in [6, 6.07) is 9.71. The molecule has 4 N–H and O–H groups in total. The second-order valence-electron chi connectivity index (χ2n) is 4.47. The van der Waals surface area contributed by atoms with Gasteiger partial charge in [-0.2, -0.15) is 4.98 Å². The van der Waals surface area contributed by atoms with Crippen molar-refractivity contribution < 1.29 is 4.42 Å². The zero-order valence-electron chi connectivity index (χ0n) is 11.0. The zero-order chi connectivity index (χ0) is 13.4. The largest absolute Gasteiger partial charge is 0.466 e. The Kier molecular flexibility index (Phi) is 3.81. The van der Waals surface area contributed by atoms with Gasteiger partial charge < -0.3 is 15.9 Å². The first kappa shape index (κ1) is 14.1. The third-order valence-electron chi connectivity index (χ3n) is 3.02. The van der Waals surface area contributed by atoms with E-state index in [1.165, 1.54) is 0 Å². The second-order valence-corrected chi connectivity index (χ2v) is 4.47. The number of nitrogens with zero attached hydrogens (tertiary/aromatic N) is 2. The van der Waals surface area contributed by atoms with E-state index >= 15 is 0 Å². The van der Waals surface area contributed by atoms with Crippen molar-refractivity contribution in [2.24, 2.45) is 0 Å². The minimum absolute atomic E-state index is 0. The Hall–Kier alpha value is -2.27. The predicted molar refractivity (Wildman–Crippen MR) is 81.9 cm³/mol. The molecule has 0 amide bonds. The van der Waals surface area contributed by atoms with E-state index in [4.69, 9.17) is 15.9 Å². The number of rotatable bonds is 2. The van der Waals surface area contributed by atoms with Crippen LogP contribution in [0.3, 0.4) is 0 Å². The van der Waals surface area contributed by atoms with E-state index < -0.39 is 0 Å². The fourth-order valence-electron chi connectivity index (χ4n) is 2.22. The first-order chi connectivity index (χ1) is 9.13. The van der Waals surface area contributed by atoms with E-state index in [9.17, 15) is 0 Å². The Bertz CT molecular complexity index is 754. The van der Waals surface area contributed by atoms with Crippen molar-refractivity contribution in [3.8, 4) is 0 Å². The van der Waals surface area contributed by atoms with E-state index in [-0.39, 0.29) is 18.4 Å². The lowest BCUT2D eigenvalue weighted by Crippen LogP contribution is -2.02. The molecule has 0 radical (unpaired) electrons. The number of furan rings is 1. The Balaban J connectivity index is 0.00000147. The molecule has 2 aromatic heterocycles. The average molecular weight is 291 g/mol. The molecule has 20 heavy (non-hydrogen) atoms. The molecule has 5 nitrogen and oxygen atoms in total. The van der Waals surface area contributed by atoms with E-state index in [0.29, 0.717) is 12.2 Å². The topological polar surface area (TPSA) is 91.0 Å². The van der Waals surface area contributed by atoms with Crippen LogP contribution in [0.15, 0.2) is 34.7 Å². The maximum absolute atomic E-state index is 5.95. The molecule has 0 aliphatic rings. The van der Waals surface area contributed by atoms with Gasteiger partial charge in [0.25, 0.3) is 0 Å². The summed E-state index contributed by atoms with van der Waals surface area (Å²) in [6.07, 6.45) is 0.655. The Morgan fingerprint density at radius 2 is 1.90 bits per heavy atom. The van der Waals surface area contributed by atoms with Crippen LogP contribution < -0.4 is 11.5 Å². The molecule has 0 spiro atoms. The molecule has 6 heteroatoms. The van der Waals surface area contributed by atoms with Gasteiger partial charge in [0.1, 0.15) is 17.3 Å². The van der Waals surface area contributed by atoms with Gasteiger partial charge >= 0.3 is 0 Å². The number of halogens is 1. The fourth-order valence-corrected chi connectivity index (χ4v) is 2.22. The summed E-state index contributed by atoms with van der Waals surface area (Å²) in [5.74, 6) is 2.38. The number of nitrogen functional groups attached to an aromatic ring is 2. The molecule has 0 fully saturated rings. The molecule has 1 aromatic carbocycles. The summed E-state index contributed by atoms with van der Waals surface area (Å²) in [5.41, 5.74) is 13.4. The monoisotopic (exact) mass is 290 g/mol. The molecule has 104 valence electrons. The lowest BCUT2D eigenvalue weighted by Gasteiger charge is -2.07. The van der Waals surface area contributed by atoms with Crippen LogP contribution in [0.4, 0.5) is 11.8 Å². The highest BCUT2D eigenvalue weighted by atomic mass is 35.5. The summed E-state index contributed by atoms with van der Waals surface area (Å²) >= 11 is 0. The van der Waals surface area contributed by atoms with Crippen molar-refractivity contribution >= 4 is 35.1 Å². The third kappa shape index (κ3) is 2.53. The first-order valence-corrected chi connectivity index (χ1v) is 5.99. The van der Waals surface area contributed by atoms with Gasteiger partial charge in [0.15, 0.2) is 0 Å². The quantitative estimate of drug-likeness (QED) is 0.757. The molecular formula is C14H15ClN4O. The van der Waals surface area contributed by atoms with Crippen molar-refractivity contribution in [3.05, 3.63) is 47.4 Å². The highest BCUT2D eigenvalue weighted by Crippen LogP contribution is 2.25. The van der Waals surface area contributed by atoms with Crippen LogP contribution >= 0.6 is 12.4 Å². The fraction of sp³-hybridized carbons (Fsp3) is 0.143. The molecule has 0 atom stereocenters. The molecular weight excluding hydrogens is 276 g/mol. The number of anilines is 2. The van der Waals surface area contributed by atoms with Crippen molar-refractivity contribution in [1.29, 1.82) is 0 Å². The molecule has 0 unspecified atom stereocenters. The molecule has 3 aromatic rings. The number of aryl methyl sites for hydroxylation is 1. The molecule has 0 aliphatic carbocycles. The third-order valence-corrected chi connectivity index (χ3v) is 3.02. The average Bonchev–Trinajstić information content (AvgIpc) is 2.74. The van der Waals surface area contributed by atoms with Crippen LogP contribution in [-0.2, 0) is 6.42 Å². The van der Waals surface area contributed by atoms with E-state index in [1.54, 1.807) is 0 Å². The van der Waals surface area contributed by atoms with E-state index in [0.717, 1.165) is 28.0 Å². The summed E-state index contributed by atoms with van der Waals surface area (Å²) in [6.45, 7) is 1.92. The highest BCUT2D eigenvalue weighted by molar-refractivity contribution is 5.92. The number of fused-ring (bicyclic) bond motifs is 1. The minimum Gasteiger partial charge on any atom is -0.466 e. The number of nitrogens with two attached hydrogens (primary N) is 2.